The van der Waals surface area contributed by atoms with Crippen LogP contribution in [0.25, 0.3) is 0 Å². The van der Waals surface area contributed by atoms with Crippen LogP contribution in [0.5, 0.6) is 0 Å². The van der Waals surface area contributed by atoms with E-state index in [1.54, 1.807) is 0 Å². The van der Waals surface area contributed by atoms with Crippen LogP contribution >= 0.6 is 0 Å². The SMILES string of the molecule is CCCN(CCN(C)C)c1ccc(C(=N)N)c(C)c1. The molecule has 0 radical (unpaired) electrons. The topological polar surface area (TPSA) is 56.4 Å². The van der Waals surface area contributed by atoms with E-state index in [4.69, 9.17) is 11.1 Å². The van der Waals surface area contributed by atoms with Crippen molar-refractivity contribution in [2.45, 2.75) is 20.3 Å². The number of amidine groups is 1. The van der Waals surface area contributed by atoms with E-state index in [9.17, 15) is 0 Å². The lowest BCUT2D eigenvalue weighted by Gasteiger charge is -2.26. The number of hydrogen-bond acceptors (Lipinski definition) is 3. The number of likely N-dealkylation sites (N-methyl/N-ethyl adjacent to an activating group) is 1. The quantitative estimate of drug-likeness (QED) is 0.584. The standard InChI is InChI=1S/C15H26N4/c1-5-8-19(10-9-18(3)4)13-6-7-14(15(16)17)12(2)11-13/h6-7,11H,5,8-10H2,1-4H3,(H3,16,17). The summed E-state index contributed by atoms with van der Waals surface area (Å²) in [5, 5.41) is 7.53. The molecule has 0 unspecified atom stereocenters. The summed E-state index contributed by atoms with van der Waals surface area (Å²) in [6.45, 7) is 7.30. The molecule has 0 fully saturated rings. The van der Waals surface area contributed by atoms with Crippen LogP contribution in [0.2, 0.25) is 0 Å². The van der Waals surface area contributed by atoms with Gasteiger partial charge in [0, 0.05) is 30.9 Å². The van der Waals surface area contributed by atoms with Crippen molar-refractivity contribution < 1.29 is 0 Å². The number of hydrogen-bond donors (Lipinski definition) is 2. The average Bonchev–Trinajstić information content (AvgIpc) is 2.33. The van der Waals surface area contributed by atoms with E-state index in [2.05, 4.69) is 43.0 Å². The van der Waals surface area contributed by atoms with Gasteiger partial charge in [-0.2, -0.15) is 0 Å². The molecule has 4 heteroatoms. The van der Waals surface area contributed by atoms with Crippen molar-refractivity contribution in [3.8, 4) is 0 Å². The summed E-state index contributed by atoms with van der Waals surface area (Å²) in [5.41, 5.74) is 8.67. The van der Waals surface area contributed by atoms with E-state index < -0.39 is 0 Å². The lowest BCUT2D eigenvalue weighted by Crippen LogP contribution is -2.32. The summed E-state index contributed by atoms with van der Waals surface area (Å²) in [5.74, 6) is 0.138. The molecule has 1 aromatic carbocycles. The van der Waals surface area contributed by atoms with Crippen molar-refractivity contribution in [2.75, 3.05) is 38.6 Å². The van der Waals surface area contributed by atoms with Gasteiger partial charge in [-0.25, -0.2) is 0 Å². The molecular formula is C15H26N4. The second-order valence-corrected chi connectivity index (χ2v) is 5.20. The Morgan fingerprint density at radius 1 is 1.21 bits per heavy atom. The minimum absolute atomic E-state index is 0.138. The van der Waals surface area contributed by atoms with Crippen LogP contribution in [-0.4, -0.2) is 44.5 Å². The van der Waals surface area contributed by atoms with Crippen LogP contribution in [-0.2, 0) is 0 Å². The summed E-state index contributed by atoms with van der Waals surface area (Å²) < 4.78 is 0. The van der Waals surface area contributed by atoms with Crippen LogP contribution in [0.15, 0.2) is 18.2 Å². The predicted octanol–water partition coefficient (Wildman–Crippen LogP) is 2.06. The molecule has 0 saturated carbocycles. The van der Waals surface area contributed by atoms with Crippen molar-refractivity contribution in [1.82, 2.24) is 4.90 Å². The molecule has 0 atom stereocenters. The summed E-state index contributed by atoms with van der Waals surface area (Å²) in [6, 6.07) is 6.14. The van der Waals surface area contributed by atoms with E-state index in [0.29, 0.717) is 0 Å². The van der Waals surface area contributed by atoms with Crippen molar-refractivity contribution in [3.63, 3.8) is 0 Å². The third-order valence-corrected chi connectivity index (χ3v) is 3.18. The fraction of sp³-hybridized carbons (Fsp3) is 0.533. The highest BCUT2D eigenvalue weighted by Crippen LogP contribution is 2.19. The summed E-state index contributed by atoms with van der Waals surface area (Å²) in [6.07, 6.45) is 1.13. The van der Waals surface area contributed by atoms with E-state index in [1.165, 1.54) is 5.69 Å². The zero-order valence-corrected chi connectivity index (χ0v) is 12.5. The first kappa shape index (κ1) is 15.5. The molecule has 0 aromatic heterocycles. The Morgan fingerprint density at radius 3 is 2.37 bits per heavy atom. The lowest BCUT2D eigenvalue weighted by molar-refractivity contribution is 0.413. The Labute approximate surface area is 116 Å². The minimum Gasteiger partial charge on any atom is -0.384 e. The number of nitrogens with one attached hydrogen (secondary N) is 1. The van der Waals surface area contributed by atoms with Gasteiger partial charge in [0.15, 0.2) is 0 Å². The van der Waals surface area contributed by atoms with Gasteiger partial charge >= 0.3 is 0 Å². The monoisotopic (exact) mass is 262 g/mol. The highest BCUT2D eigenvalue weighted by Gasteiger charge is 2.09. The maximum absolute atomic E-state index is 7.53. The molecule has 1 rings (SSSR count). The van der Waals surface area contributed by atoms with E-state index in [-0.39, 0.29) is 5.84 Å². The number of benzene rings is 1. The zero-order chi connectivity index (χ0) is 14.4. The molecule has 0 spiro atoms. The summed E-state index contributed by atoms with van der Waals surface area (Å²) in [7, 11) is 4.18. The molecule has 0 amide bonds. The smallest absolute Gasteiger partial charge is 0.123 e. The molecule has 4 nitrogen and oxygen atoms in total. The first-order valence-corrected chi connectivity index (χ1v) is 6.80. The van der Waals surface area contributed by atoms with Gasteiger partial charge in [0.25, 0.3) is 0 Å². The Balaban J connectivity index is 2.90. The highest BCUT2D eigenvalue weighted by molar-refractivity contribution is 5.96. The number of anilines is 1. The number of rotatable bonds is 7. The average molecular weight is 262 g/mol. The number of aryl methyl sites for hydroxylation is 1. The first-order chi connectivity index (χ1) is 8.95. The van der Waals surface area contributed by atoms with Gasteiger partial charge < -0.3 is 15.5 Å². The molecule has 106 valence electrons. The van der Waals surface area contributed by atoms with E-state index in [1.807, 2.05) is 13.0 Å². The van der Waals surface area contributed by atoms with E-state index >= 15 is 0 Å². The lowest BCUT2D eigenvalue weighted by atomic mass is 10.1. The van der Waals surface area contributed by atoms with Crippen molar-refractivity contribution in [3.05, 3.63) is 29.3 Å². The third kappa shape index (κ3) is 4.56. The van der Waals surface area contributed by atoms with Gasteiger partial charge in [0.2, 0.25) is 0 Å². The Morgan fingerprint density at radius 2 is 1.89 bits per heavy atom. The molecule has 0 saturated heterocycles. The van der Waals surface area contributed by atoms with Gasteiger partial charge in [-0.05, 0) is 51.2 Å². The van der Waals surface area contributed by atoms with Gasteiger partial charge in [-0.1, -0.05) is 6.92 Å². The molecule has 0 aliphatic heterocycles. The predicted molar refractivity (Wildman–Crippen MR) is 83.3 cm³/mol. The number of nitrogen functional groups attached to an aromatic ring is 1. The van der Waals surface area contributed by atoms with Gasteiger partial charge in [0.05, 0.1) is 0 Å². The van der Waals surface area contributed by atoms with Crippen LogP contribution in [0.1, 0.15) is 24.5 Å². The van der Waals surface area contributed by atoms with Gasteiger partial charge in [-0.3, -0.25) is 5.41 Å². The maximum atomic E-state index is 7.53. The second-order valence-electron chi connectivity index (χ2n) is 5.20. The zero-order valence-electron chi connectivity index (χ0n) is 12.5. The number of nitrogens with two attached hydrogens (primary N) is 1. The van der Waals surface area contributed by atoms with Crippen molar-refractivity contribution >= 4 is 11.5 Å². The van der Waals surface area contributed by atoms with Crippen molar-refractivity contribution in [1.29, 1.82) is 5.41 Å². The summed E-state index contributed by atoms with van der Waals surface area (Å²) in [4.78, 5) is 4.58. The second kappa shape index (κ2) is 7.14. The fourth-order valence-corrected chi connectivity index (χ4v) is 2.11. The van der Waals surface area contributed by atoms with Gasteiger partial charge in [-0.15, -0.1) is 0 Å². The maximum Gasteiger partial charge on any atom is 0.123 e. The normalized spacial score (nSPS) is 10.8. The first-order valence-electron chi connectivity index (χ1n) is 6.80. The van der Waals surface area contributed by atoms with Crippen LogP contribution < -0.4 is 10.6 Å². The molecule has 0 bridgehead atoms. The Bertz CT molecular complexity index is 426. The molecule has 3 N–H and O–H groups in total. The number of nitrogens with zero attached hydrogens (tertiary/aromatic N) is 2. The molecule has 0 heterocycles. The van der Waals surface area contributed by atoms with Crippen LogP contribution in [0.4, 0.5) is 5.69 Å². The van der Waals surface area contributed by atoms with Gasteiger partial charge in [0.1, 0.15) is 5.84 Å². The fourth-order valence-electron chi connectivity index (χ4n) is 2.11. The van der Waals surface area contributed by atoms with Crippen LogP contribution in [0.3, 0.4) is 0 Å². The largest absolute Gasteiger partial charge is 0.384 e. The van der Waals surface area contributed by atoms with Crippen LogP contribution in [0, 0.1) is 12.3 Å². The molecular weight excluding hydrogens is 236 g/mol. The molecule has 1 aromatic rings. The molecule has 0 aliphatic rings. The minimum atomic E-state index is 0.138. The molecule has 0 aliphatic carbocycles. The van der Waals surface area contributed by atoms with E-state index in [0.717, 1.165) is 37.2 Å². The summed E-state index contributed by atoms with van der Waals surface area (Å²) >= 11 is 0. The third-order valence-electron chi connectivity index (χ3n) is 3.18. The Kier molecular flexibility index (Phi) is 5.83. The molecule has 19 heavy (non-hydrogen) atoms. The highest BCUT2D eigenvalue weighted by atomic mass is 15.2. The Hall–Kier alpha value is -1.55. The van der Waals surface area contributed by atoms with Crippen molar-refractivity contribution in [2.24, 2.45) is 5.73 Å².